The van der Waals surface area contributed by atoms with Gasteiger partial charge in [-0.05, 0) is 38.2 Å². The Morgan fingerprint density at radius 3 is 0.906 bits per heavy atom. The van der Waals surface area contributed by atoms with Crippen molar-refractivity contribution in [2.45, 2.75) is 0 Å². The summed E-state index contributed by atoms with van der Waals surface area (Å²) in [5.41, 5.74) is 7.09. The van der Waals surface area contributed by atoms with E-state index in [4.69, 9.17) is 0 Å². The largest absolute Gasteiger partial charge is 0.289 e. The Balaban J connectivity index is 1.97. The molecule has 0 spiro atoms. The van der Waals surface area contributed by atoms with Gasteiger partial charge in [-0.15, -0.1) is 0 Å². The van der Waals surface area contributed by atoms with Gasteiger partial charge in [0.25, 0.3) is 0 Å². The summed E-state index contributed by atoms with van der Waals surface area (Å²) in [5, 5.41) is 14.3. The highest BCUT2D eigenvalue weighted by Gasteiger charge is 2.27. The van der Waals surface area contributed by atoms with E-state index in [9.17, 15) is 5.11 Å². The predicted octanol–water partition coefficient (Wildman–Crippen LogP) is 9.26. The van der Waals surface area contributed by atoms with Gasteiger partial charge in [-0.3, -0.25) is 5.11 Å². The average Bonchev–Trinajstić information content (AvgIpc) is 2.87. The van der Waals surface area contributed by atoms with Gasteiger partial charge in [0.15, 0.2) is 5.75 Å². The van der Waals surface area contributed by atoms with Crippen molar-refractivity contribution in [3.63, 3.8) is 0 Å². The zero-order valence-corrected chi connectivity index (χ0v) is 18.9. The maximum atomic E-state index is 14.3. The van der Waals surface area contributed by atoms with E-state index in [1.807, 2.05) is 97.1 Å². The Hall–Kier alpha value is -3.62. The summed E-state index contributed by atoms with van der Waals surface area (Å²) in [5.74, 6) is 0.0308. The second kappa shape index (κ2) is 8.86. The molecule has 0 unspecified atom stereocenters. The number of halogens is 1. The number of hydrogen-bond donors (Lipinski definition) is 0. The normalized spacial score (nSPS) is 10.8. The van der Waals surface area contributed by atoms with Crippen LogP contribution in [0.1, 0.15) is 0 Å². The van der Waals surface area contributed by atoms with Gasteiger partial charge < -0.3 is 0 Å². The van der Waals surface area contributed by atoms with Gasteiger partial charge in [0.1, 0.15) is 0 Å². The molecule has 0 N–H and O–H groups in total. The van der Waals surface area contributed by atoms with Crippen LogP contribution in [-0.2, 0) is 5.11 Å². The summed E-state index contributed by atoms with van der Waals surface area (Å²) in [6.45, 7) is 0. The van der Waals surface area contributed by atoms with Crippen LogP contribution in [0.2, 0.25) is 0 Å². The Bertz CT molecular complexity index is 1130. The lowest BCUT2D eigenvalue weighted by atomic mass is 9.84. The van der Waals surface area contributed by atoms with Gasteiger partial charge >= 0.3 is 0 Å². The van der Waals surface area contributed by atoms with Crippen LogP contribution >= 0.6 is 15.9 Å². The second-order valence-electron chi connectivity index (χ2n) is 7.61. The molecule has 0 atom stereocenters. The van der Waals surface area contributed by atoms with Crippen molar-refractivity contribution in [1.82, 2.24) is 0 Å². The molecule has 0 aliphatic heterocycles. The van der Waals surface area contributed by atoms with Gasteiger partial charge in [0.2, 0.25) is 0 Å². The quantitative estimate of drug-likeness (QED) is 0.246. The van der Waals surface area contributed by atoms with Crippen molar-refractivity contribution in [2.24, 2.45) is 0 Å². The van der Waals surface area contributed by atoms with E-state index in [1.165, 1.54) is 0 Å². The molecule has 0 saturated carbocycles. The standard InChI is InChI=1S/C30H20BrO/c31-29-25(21-13-5-1-6-14-21)27(23-17-9-3-10-18-23)30(32)28(24-19-11-4-12-20-24)26(29)22-15-7-2-8-16-22/h1-20H. The average molecular weight is 476 g/mol. The zero-order valence-electron chi connectivity index (χ0n) is 17.3. The molecular formula is C30H20BrO. The summed E-state index contributed by atoms with van der Waals surface area (Å²) in [4.78, 5) is 0. The van der Waals surface area contributed by atoms with E-state index in [-0.39, 0.29) is 5.75 Å². The van der Waals surface area contributed by atoms with Crippen LogP contribution in [0.5, 0.6) is 5.75 Å². The maximum absolute atomic E-state index is 14.3. The molecule has 0 fully saturated rings. The summed E-state index contributed by atoms with van der Waals surface area (Å²) in [6, 6.07) is 40.1. The minimum absolute atomic E-state index is 0.0308. The lowest BCUT2D eigenvalue weighted by Gasteiger charge is -2.22. The molecule has 1 radical (unpaired) electrons. The Labute approximate surface area is 196 Å². The van der Waals surface area contributed by atoms with Crippen molar-refractivity contribution >= 4 is 15.9 Å². The predicted molar refractivity (Wildman–Crippen MR) is 136 cm³/mol. The van der Waals surface area contributed by atoms with Crippen LogP contribution in [0.3, 0.4) is 0 Å². The van der Waals surface area contributed by atoms with Crippen LogP contribution < -0.4 is 0 Å². The van der Waals surface area contributed by atoms with Crippen LogP contribution in [0.15, 0.2) is 126 Å². The van der Waals surface area contributed by atoms with E-state index < -0.39 is 0 Å². The van der Waals surface area contributed by atoms with Crippen LogP contribution in [0, 0.1) is 0 Å². The first-order valence-electron chi connectivity index (χ1n) is 10.5. The van der Waals surface area contributed by atoms with Crippen molar-refractivity contribution in [2.75, 3.05) is 0 Å². The van der Waals surface area contributed by atoms with E-state index in [1.54, 1.807) is 0 Å². The fourth-order valence-electron chi connectivity index (χ4n) is 4.21. The lowest BCUT2D eigenvalue weighted by molar-refractivity contribution is 0.359. The lowest BCUT2D eigenvalue weighted by Crippen LogP contribution is -1.96. The van der Waals surface area contributed by atoms with Gasteiger partial charge in [0.05, 0.1) is 0 Å². The molecule has 0 amide bonds. The molecule has 0 bridgehead atoms. The van der Waals surface area contributed by atoms with Crippen molar-refractivity contribution < 1.29 is 5.11 Å². The molecule has 153 valence electrons. The molecule has 5 aromatic rings. The molecule has 5 aromatic carbocycles. The van der Waals surface area contributed by atoms with E-state index >= 15 is 0 Å². The molecule has 2 heteroatoms. The molecule has 5 rings (SSSR count). The summed E-state index contributed by atoms with van der Waals surface area (Å²) >= 11 is 3.95. The first kappa shape index (κ1) is 20.3. The van der Waals surface area contributed by atoms with Crippen LogP contribution in [0.25, 0.3) is 44.5 Å². The third-order valence-corrected chi connectivity index (χ3v) is 6.44. The monoisotopic (exact) mass is 475 g/mol. The fourth-order valence-corrected chi connectivity index (χ4v) is 5.06. The first-order valence-corrected chi connectivity index (χ1v) is 11.3. The molecule has 0 heterocycles. The fraction of sp³-hybridized carbons (Fsp3) is 0. The number of hydrogen-bond acceptors (Lipinski definition) is 0. The van der Waals surface area contributed by atoms with E-state index in [2.05, 4.69) is 40.2 Å². The highest BCUT2D eigenvalue weighted by molar-refractivity contribution is 9.10. The molecule has 0 saturated heterocycles. The van der Waals surface area contributed by atoms with Gasteiger partial charge in [0, 0.05) is 26.7 Å². The highest BCUT2D eigenvalue weighted by Crippen LogP contribution is 2.54. The minimum atomic E-state index is 0.0308. The summed E-state index contributed by atoms with van der Waals surface area (Å²) in [7, 11) is 0. The Morgan fingerprint density at radius 1 is 0.375 bits per heavy atom. The van der Waals surface area contributed by atoms with E-state index in [0.29, 0.717) is 11.1 Å². The molecule has 1 nitrogen and oxygen atoms in total. The molecule has 32 heavy (non-hydrogen) atoms. The van der Waals surface area contributed by atoms with Crippen LogP contribution in [-0.4, -0.2) is 0 Å². The Morgan fingerprint density at radius 2 is 0.625 bits per heavy atom. The summed E-state index contributed by atoms with van der Waals surface area (Å²) < 4.78 is 0.923. The van der Waals surface area contributed by atoms with E-state index in [0.717, 1.165) is 37.9 Å². The summed E-state index contributed by atoms with van der Waals surface area (Å²) in [6.07, 6.45) is 0. The van der Waals surface area contributed by atoms with Gasteiger partial charge in [-0.2, -0.15) is 0 Å². The van der Waals surface area contributed by atoms with Crippen molar-refractivity contribution in [1.29, 1.82) is 0 Å². The number of benzene rings is 5. The second-order valence-corrected chi connectivity index (χ2v) is 8.40. The molecule has 0 aliphatic carbocycles. The number of rotatable bonds is 4. The third-order valence-electron chi connectivity index (χ3n) is 5.64. The first-order chi connectivity index (χ1) is 15.8. The van der Waals surface area contributed by atoms with Gasteiger partial charge in [-0.25, -0.2) is 0 Å². The maximum Gasteiger partial charge on any atom is 0.195 e. The smallest absolute Gasteiger partial charge is 0.195 e. The molecular weight excluding hydrogens is 456 g/mol. The SMILES string of the molecule is [O]c1c(-c2ccccc2)c(-c2ccccc2)c(Br)c(-c2ccccc2)c1-c1ccccc1. The molecule has 0 aliphatic rings. The minimum Gasteiger partial charge on any atom is -0.289 e. The highest BCUT2D eigenvalue weighted by atomic mass is 79.9. The third kappa shape index (κ3) is 3.63. The van der Waals surface area contributed by atoms with Crippen molar-refractivity contribution in [3.05, 3.63) is 126 Å². The van der Waals surface area contributed by atoms with Gasteiger partial charge in [-0.1, -0.05) is 121 Å². The van der Waals surface area contributed by atoms with Crippen molar-refractivity contribution in [3.8, 4) is 50.3 Å². The van der Waals surface area contributed by atoms with Crippen LogP contribution in [0.4, 0.5) is 0 Å². The topological polar surface area (TPSA) is 19.9 Å². The zero-order chi connectivity index (χ0) is 21.9. The molecule has 0 aromatic heterocycles. The Kier molecular flexibility index (Phi) is 5.62.